The van der Waals surface area contributed by atoms with E-state index in [1.54, 1.807) is 0 Å². The van der Waals surface area contributed by atoms with Crippen molar-refractivity contribution in [2.24, 2.45) is 5.73 Å². The van der Waals surface area contributed by atoms with Crippen LogP contribution < -0.4 is 15.2 Å². The van der Waals surface area contributed by atoms with Crippen LogP contribution >= 0.6 is 0 Å². The standard InChI is InChI=1S/C15H17NO.C15H13NO/c2*16-10-9-13-7-4-8-15(11-13)17-12-14-5-2-1-3-6-14/h1-8,11H,9-10,12,16H2;1-8,11H,9,12H2. The van der Waals surface area contributed by atoms with Crippen LogP contribution in [0.25, 0.3) is 0 Å². The van der Waals surface area contributed by atoms with Gasteiger partial charge in [-0.05, 0) is 59.5 Å². The van der Waals surface area contributed by atoms with Gasteiger partial charge < -0.3 is 15.2 Å². The Morgan fingerprint density at radius 2 is 1.06 bits per heavy atom. The SMILES string of the molecule is N#CCc1cccc(OCc2ccccc2)c1.NCCc1cccc(OCc2ccccc2)c1. The second-order valence-corrected chi connectivity index (χ2v) is 7.72. The molecule has 0 aromatic heterocycles. The first-order valence-electron chi connectivity index (χ1n) is 11.3. The van der Waals surface area contributed by atoms with Crippen molar-refractivity contribution in [3.8, 4) is 17.6 Å². The van der Waals surface area contributed by atoms with Gasteiger partial charge in [-0.3, -0.25) is 0 Å². The molecular weight excluding hydrogens is 420 g/mol. The maximum Gasteiger partial charge on any atom is 0.120 e. The van der Waals surface area contributed by atoms with Crippen molar-refractivity contribution in [1.29, 1.82) is 5.26 Å². The van der Waals surface area contributed by atoms with Crippen molar-refractivity contribution in [3.05, 3.63) is 131 Å². The van der Waals surface area contributed by atoms with Gasteiger partial charge in [0.05, 0.1) is 12.5 Å². The van der Waals surface area contributed by atoms with Gasteiger partial charge in [0.25, 0.3) is 0 Å². The molecule has 4 rings (SSSR count). The van der Waals surface area contributed by atoms with E-state index in [2.05, 4.69) is 30.3 Å². The van der Waals surface area contributed by atoms with Gasteiger partial charge in [0.2, 0.25) is 0 Å². The van der Waals surface area contributed by atoms with Crippen molar-refractivity contribution < 1.29 is 9.47 Å². The molecule has 0 bridgehead atoms. The second kappa shape index (κ2) is 14.2. The number of hydrogen-bond donors (Lipinski definition) is 1. The average molecular weight is 451 g/mol. The van der Waals surface area contributed by atoms with E-state index >= 15 is 0 Å². The van der Waals surface area contributed by atoms with Gasteiger partial charge in [0.1, 0.15) is 24.7 Å². The first kappa shape index (κ1) is 24.6. The van der Waals surface area contributed by atoms with Crippen LogP contribution in [0.1, 0.15) is 22.3 Å². The van der Waals surface area contributed by atoms with Gasteiger partial charge in [-0.1, -0.05) is 84.9 Å². The van der Waals surface area contributed by atoms with Crippen molar-refractivity contribution in [1.82, 2.24) is 0 Å². The molecule has 34 heavy (non-hydrogen) atoms. The lowest BCUT2D eigenvalue weighted by atomic mass is 10.1. The number of nitrogens with zero attached hydrogens (tertiary/aromatic N) is 1. The Bertz CT molecular complexity index is 1160. The summed E-state index contributed by atoms with van der Waals surface area (Å²) in [4.78, 5) is 0. The predicted molar refractivity (Wildman–Crippen MR) is 137 cm³/mol. The summed E-state index contributed by atoms with van der Waals surface area (Å²) in [6.45, 7) is 1.83. The molecule has 0 aliphatic carbocycles. The fourth-order valence-corrected chi connectivity index (χ4v) is 3.28. The Hall–Kier alpha value is -4.07. The highest BCUT2D eigenvalue weighted by atomic mass is 16.5. The van der Waals surface area contributed by atoms with Gasteiger partial charge in [-0.15, -0.1) is 0 Å². The lowest BCUT2D eigenvalue weighted by Gasteiger charge is -2.07. The monoisotopic (exact) mass is 450 g/mol. The number of hydrogen-bond acceptors (Lipinski definition) is 4. The van der Waals surface area contributed by atoms with Crippen LogP contribution in [0.15, 0.2) is 109 Å². The molecule has 0 saturated heterocycles. The Labute approximate surface area is 202 Å². The lowest BCUT2D eigenvalue weighted by Crippen LogP contribution is -2.03. The Morgan fingerprint density at radius 3 is 1.56 bits per heavy atom. The molecule has 0 unspecified atom stereocenters. The fourth-order valence-electron chi connectivity index (χ4n) is 3.28. The third kappa shape index (κ3) is 8.82. The predicted octanol–water partition coefficient (Wildman–Crippen LogP) is 6.10. The van der Waals surface area contributed by atoms with Crippen molar-refractivity contribution in [3.63, 3.8) is 0 Å². The summed E-state index contributed by atoms with van der Waals surface area (Å²) in [5, 5.41) is 8.63. The third-order valence-electron chi connectivity index (χ3n) is 5.01. The molecule has 0 saturated carbocycles. The van der Waals surface area contributed by atoms with E-state index in [1.807, 2.05) is 84.9 Å². The van der Waals surface area contributed by atoms with Crippen LogP contribution in [0.3, 0.4) is 0 Å². The van der Waals surface area contributed by atoms with Gasteiger partial charge in [-0.25, -0.2) is 0 Å². The van der Waals surface area contributed by atoms with E-state index < -0.39 is 0 Å². The fraction of sp³-hybridized carbons (Fsp3) is 0.167. The van der Waals surface area contributed by atoms with E-state index in [9.17, 15) is 0 Å². The van der Waals surface area contributed by atoms with E-state index in [0.717, 1.165) is 29.0 Å². The Kier molecular flexibility index (Phi) is 10.2. The summed E-state index contributed by atoms with van der Waals surface area (Å²) in [5.74, 6) is 1.71. The topological polar surface area (TPSA) is 68.3 Å². The van der Waals surface area contributed by atoms with Gasteiger partial charge in [-0.2, -0.15) is 5.26 Å². The molecule has 0 fully saturated rings. The first-order valence-corrected chi connectivity index (χ1v) is 11.3. The Balaban J connectivity index is 0.000000191. The maximum atomic E-state index is 8.63. The van der Waals surface area contributed by atoms with E-state index in [0.29, 0.717) is 26.2 Å². The summed E-state index contributed by atoms with van der Waals surface area (Å²) in [7, 11) is 0. The zero-order valence-electron chi connectivity index (χ0n) is 19.3. The summed E-state index contributed by atoms with van der Waals surface area (Å²) in [5.41, 5.74) is 10.1. The minimum atomic E-state index is 0.419. The van der Waals surface area contributed by atoms with Crippen molar-refractivity contribution in [2.75, 3.05) is 6.54 Å². The van der Waals surface area contributed by atoms with Crippen LogP contribution in [0.5, 0.6) is 11.5 Å². The molecular formula is C30H30N2O2. The number of benzene rings is 4. The molecule has 0 radical (unpaired) electrons. The molecule has 4 aromatic rings. The van der Waals surface area contributed by atoms with Crippen molar-refractivity contribution >= 4 is 0 Å². The number of nitriles is 1. The van der Waals surface area contributed by atoms with Gasteiger partial charge in [0, 0.05) is 0 Å². The van der Waals surface area contributed by atoms with Crippen LogP contribution in [-0.4, -0.2) is 6.54 Å². The average Bonchev–Trinajstić information content (AvgIpc) is 2.89. The first-order chi connectivity index (χ1) is 16.8. The highest BCUT2D eigenvalue weighted by Crippen LogP contribution is 2.16. The molecule has 4 aromatic carbocycles. The molecule has 0 amide bonds. The van der Waals surface area contributed by atoms with E-state index in [1.165, 1.54) is 11.1 Å². The normalized spacial score (nSPS) is 9.88. The summed E-state index contributed by atoms with van der Waals surface area (Å²) in [6, 6.07) is 38.1. The van der Waals surface area contributed by atoms with Crippen LogP contribution in [0, 0.1) is 11.3 Å². The quantitative estimate of drug-likeness (QED) is 0.335. The third-order valence-corrected chi connectivity index (χ3v) is 5.01. The molecule has 4 nitrogen and oxygen atoms in total. The van der Waals surface area contributed by atoms with Crippen LogP contribution in [-0.2, 0) is 26.1 Å². The van der Waals surface area contributed by atoms with Gasteiger partial charge >= 0.3 is 0 Å². The maximum absolute atomic E-state index is 8.63. The zero-order valence-corrected chi connectivity index (χ0v) is 19.3. The molecule has 0 atom stereocenters. The molecule has 0 aliphatic rings. The summed E-state index contributed by atoms with van der Waals surface area (Å²) >= 11 is 0. The highest BCUT2D eigenvalue weighted by molar-refractivity contribution is 5.31. The van der Waals surface area contributed by atoms with Crippen molar-refractivity contribution in [2.45, 2.75) is 26.1 Å². The minimum Gasteiger partial charge on any atom is -0.489 e. The molecule has 4 heteroatoms. The van der Waals surface area contributed by atoms with Crippen LogP contribution in [0.2, 0.25) is 0 Å². The zero-order chi connectivity index (χ0) is 23.8. The van der Waals surface area contributed by atoms with Gasteiger partial charge in [0.15, 0.2) is 0 Å². The molecule has 0 aliphatic heterocycles. The summed E-state index contributed by atoms with van der Waals surface area (Å²) in [6.07, 6.45) is 1.31. The van der Waals surface area contributed by atoms with E-state index in [-0.39, 0.29) is 0 Å². The Morgan fingerprint density at radius 1 is 0.588 bits per heavy atom. The van der Waals surface area contributed by atoms with Crippen LogP contribution in [0.4, 0.5) is 0 Å². The minimum absolute atomic E-state index is 0.419. The molecule has 172 valence electrons. The molecule has 0 heterocycles. The molecule has 2 N–H and O–H groups in total. The van der Waals surface area contributed by atoms with E-state index in [4.69, 9.17) is 20.5 Å². The largest absolute Gasteiger partial charge is 0.489 e. The summed E-state index contributed by atoms with van der Waals surface area (Å²) < 4.78 is 11.4. The smallest absolute Gasteiger partial charge is 0.120 e. The molecule has 0 spiro atoms. The number of rotatable bonds is 9. The lowest BCUT2D eigenvalue weighted by molar-refractivity contribution is 0.306. The number of ether oxygens (including phenoxy) is 2. The highest BCUT2D eigenvalue weighted by Gasteiger charge is 1.98. The number of nitrogens with two attached hydrogens (primary N) is 1. The second-order valence-electron chi connectivity index (χ2n) is 7.72.